The molecule has 0 saturated carbocycles. The first kappa shape index (κ1) is 19.7. The fourth-order valence-corrected chi connectivity index (χ4v) is 3.34. The molecule has 0 aliphatic carbocycles. The summed E-state index contributed by atoms with van der Waals surface area (Å²) < 4.78 is 1.64. The van der Waals surface area contributed by atoms with Crippen molar-refractivity contribution in [3.63, 3.8) is 0 Å². The number of rotatable bonds is 8. The van der Waals surface area contributed by atoms with E-state index >= 15 is 0 Å². The molecular formula is C23H24N6O. The molecule has 1 N–H and O–H groups in total. The molecule has 152 valence electrons. The Morgan fingerprint density at radius 1 is 1.07 bits per heavy atom. The van der Waals surface area contributed by atoms with Crippen LogP contribution in [0.5, 0.6) is 0 Å². The van der Waals surface area contributed by atoms with Crippen molar-refractivity contribution in [1.29, 1.82) is 0 Å². The minimum atomic E-state index is -0.0973. The van der Waals surface area contributed by atoms with Crippen LogP contribution in [-0.2, 0) is 6.54 Å². The summed E-state index contributed by atoms with van der Waals surface area (Å²) in [4.78, 5) is 19.2. The number of hydrogen-bond donors (Lipinski definition) is 1. The Morgan fingerprint density at radius 2 is 1.93 bits per heavy atom. The molecule has 4 aromatic rings. The summed E-state index contributed by atoms with van der Waals surface area (Å²) in [6.07, 6.45) is 2.58. The molecular weight excluding hydrogens is 376 g/mol. The van der Waals surface area contributed by atoms with Crippen LogP contribution in [0.3, 0.4) is 0 Å². The van der Waals surface area contributed by atoms with Crippen molar-refractivity contribution in [2.24, 2.45) is 0 Å². The van der Waals surface area contributed by atoms with Crippen molar-refractivity contribution in [2.75, 3.05) is 20.1 Å². The number of fused-ring (bicyclic) bond motifs is 1. The van der Waals surface area contributed by atoms with Gasteiger partial charge in [-0.15, -0.1) is 5.10 Å². The van der Waals surface area contributed by atoms with Crippen molar-refractivity contribution in [3.05, 3.63) is 84.1 Å². The van der Waals surface area contributed by atoms with E-state index in [-0.39, 0.29) is 5.91 Å². The second kappa shape index (κ2) is 9.28. The summed E-state index contributed by atoms with van der Waals surface area (Å²) in [5.41, 5.74) is 4.01. The molecule has 0 atom stereocenters. The van der Waals surface area contributed by atoms with Crippen molar-refractivity contribution < 1.29 is 4.79 Å². The quantitative estimate of drug-likeness (QED) is 0.460. The van der Waals surface area contributed by atoms with Gasteiger partial charge in [0.25, 0.3) is 5.91 Å². The summed E-state index contributed by atoms with van der Waals surface area (Å²) in [6, 6.07) is 21.4. The van der Waals surface area contributed by atoms with Gasteiger partial charge in [-0.05, 0) is 55.9 Å². The number of carbonyl (C=O) groups is 1. The summed E-state index contributed by atoms with van der Waals surface area (Å²) in [5.74, 6) is -0.0973. The molecule has 0 bridgehead atoms. The minimum absolute atomic E-state index is 0.0973. The highest BCUT2D eigenvalue weighted by Gasteiger charge is 2.11. The molecule has 7 heteroatoms. The maximum absolute atomic E-state index is 12.6. The minimum Gasteiger partial charge on any atom is -0.352 e. The topological polar surface area (TPSA) is 75.9 Å². The molecule has 4 rings (SSSR count). The molecule has 0 aliphatic heterocycles. The summed E-state index contributed by atoms with van der Waals surface area (Å²) in [7, 11) is 2.09. The highest BCUT2D eigenvalue weighted by atomic mass is 16.1. The molecule has 30 heavy (non-hydrogen) atoms. The lowest BCUT2D eigenvalue weighted by molar-refractivity contribution is 0.0952. The third kappa shape index (κ3) is 4.69. The molecule has 0 saturated heterocycles. The zero-order chi connectivity index (χ0) is 20.8. The van der Waals surface area contributed by atoms with Gasteiger partial charge in [0.05, 0.1) is 5.69 Å². The Labute approximate surface area is 175 Å². The molecule has 2 heterocycles. The average molecular weight is 400 g/mol. The van der Waals surface area contributed by atoms with Gasteiger partial charge in [-0.25, -0.2) is 4.98 Å². The fraction of sp³-hybridized carbons (Fsp3) is 0.217. The van der Waals surface area contributed by atoms with Crippen LogP contribution >= 0.6 is 0 Å². The number of aromatic nitrogens is 4. The molecule has 7 nitrogen and oxygen atoms in total. The average Bonchev–Trinajstić information content (AvgIpc) is 3.21. The first-order chi connectivity index (χ1) is 14.7. The van der Waals surface area contributed by atoms with Gasteiger partial charge >= 0.3 is 0 Å². The maximum atomic E-state index is 12.6. The van der Waals surface area contributed by atoms with Gasteiger partial charge in [0.15, 0.2) is 5.65 Å². The Bertz CT molecular complexity index is 1120. The summed E-state index contributed by atoms with van der Waals surface area (Å²) in [5, 5.41) is 11.3. The molecule has 0 unspecified atom stereocenters. The van der Waals surface area contributed by atoms with Gasteiger partial charge in [-0.1, -0.05) is 41.6 Å². The van der Waals surface area contributed by atoms with Crippen LogP contribution < -0.4 is 5.32 Å². The van der Waals surface area contributed by atoms with E-state index in [1.807, 2.05) is 30.3 Å². The molecule has 0 radical (unpaired) electrons. The Morgan fingerprint density at radius 3 is 2.80 bits per heavy atom. The number of pyridine rings is 1. The molecule has 0 fully saturated rings. The third-order valence-corrected chi connectivity index (χ3v) is 4.86. The monoisotopic (exact) mass is 400 g/mol. The van der Waals surface area contributed by atoms with Crippen molar-refractivity contribution >= 4 is 17.1 Å². The van der Waals surface area contributed by atoms with Crippen LogP contribution in [0.2, 0.25) is 0 Å². The van der Waals surface area contributed by atoms with Gasteiger partial charge in [-0.3, -0.25) is 4.79 Å². The number of carbonyl (C=O) groups excluding carboxylic acids is 1. The van der Waals surface area contributed by atoms with Gasteiger partial charge < -0.3 is 10.2 Å². The van der Waals surface area contributed by atoms with Crippen LogP contribution in [0.4, 0.5) is 0 Å². The largest absolute Gasteiger partial charge is 0.352 e. The second-order valence-electron chi connectivity index (χ2n) is 7.23. The van der Waals surface area contributed by atoms with E-state index in [9.17, 15) is 4.79 Å². The van der Waals surface area contributed by atoms with E-state index in [2.05, 4.69) is 56.8 Å². The summed E-state index contributed by atoms with van der Waals surface area (Å²) in [6.45, 7) is 2.43. The zero-order valence-electron chi connectivity index (χ0n) is 16.9. The van der Waals surface area contributed by atoms with Crippen LogP contribution in [0.1, 0.15) is 22.3 Å². The summed E-state index contributed by atoms with van der Waals surface area (Å²) >= 11 is 0. The molecule has 0 spiro atoms. The Kier molecular flexibility index (Phi) is 6.10. The Hall–Kier alpha value is -3.58. The lowest BCUT2D eigenvalue weighted by Crippen LogP contribution is -2.28. The molecule has 1 amide bonds. The number of benzene rings is 2. The van der Waals surface area contributed by atoms with Crippen LogP contribution in [0.25, 0.3) is 16.9 Å². The van der Waals surface area contributed by atoms with Crippen LogP contribution in [-0.4, -0.2) is 50.9 Å². The van der Waals surface area contributed by atoms with E-state index in [4.69, 9.17) is 0 Å². The van der Waals surface area contributed by atoms with Crippen molar-refractivity contribution in [1.82, 2.24) is 30.2 Å². The Balaban J connectivity index is 1.31. The van der Waals surface area contributed by atoms with E-state index in [1.54, 1.807) is 23.0 Å². The zero-order valence-corrected chi connectivity index (χ0v) is 16.9. The predicted molar refractivity (Wildman–Crippen MR) is 116 cm³/mol. The van der Waals surface area contributed by atoms with E-state index in [0.29, 0.717) is 23.3 Å². The maximum Gasteiger partial charge on any atom is 0.251 e. The number of amides is 1. The normalized spacial score (nSPS) is 11.1. The standard InChI is InChI=1S/C23H24N6O/c1-28(17-18-8-3-2-4-9-18)15-7-14-25-23(30)19-10-5-11-20(16-19)29-22-21(26-27-29)12-6-13-24-22/h2-6,8-13,16H,7,14-15,17H2,1H3,(H,25,30). The lowest BCUT2D eigenvalue weighted by atomic mass is 10.2. The molecule has 2 aromatic heterocycles. The van der Waals surface area contributed by atoms with Crippen LogP contribution in [0, 0.1) is 0 Å². The second-order valence-corrected chi connectivity index (χ2v) is 7.23. The van der Waals surface area contributed by atoms with E-state index in [1.165, 1.54) is 5.56 Å². The van der Waals surface area contributed by atoms with Gasteiger partial charge in [0.2, 0.25) is 0 Å². The van der Waals surface area contributed by atoms with Gasteiger partial charge in [-0.2, -0.15) is 4.68 Å². The third-order valence-electron chi connectivity index (χ3n) is 4.86. The SMILES string of the molecule is CN(CCCNC(=O)c1cccc(-n2nnc3cccnc32)c1)Cc1ccccc1. The van der Waals surface area contributed by atoms with Crippen molar-refractivity contribution in [3.8, 4) is 5.69 Å². The van der Waals surface area contributed by atoms with Gasteiger partial charge in [0, 0.05) is 24.8 Å². The van der Waals surface area contributed by atoms with Crippen LogP contribution in [0.15, 0.2) is 72.9 Å². The lowest BCUT2D eigenvalue weighted by Gasteiger charge is -2.16. The van der Waals surface area contributed by atoms with E-state index in [0.717, 1.165) is 25.2 Å². The number of nitrogens with zero attached hydrogens (tertiary/aromatic N) is 5. The van der Waals surface area contributed by atoms with Crippen molar-refractivity contribution in [2.45, 2.75) is 13.0 Å². The number of hydrogen-bond acceptors (Lipinski definition) is 5. The van der Waals surface area contributed by atoms with E-state index < -0.39 is 0 Å². The molecule has 0 aliphatic rings. The first-order valence-electron chi connectivity index (χ1n) is 9.98. The smallest absolute Gasteiger partial charge is 0.251 e. The fourth-order valence-electron chi connectivity index (χ4n) is 3.34. The molecule has 2 aromatic carbocycles. The highest BCUT2D eigenvalue weighted by molar-refractivity contribution is 5.94. The predicted octanol–water partition coefficient (Wildman–Crippen LogP) is 3.07. The highest BCUT2D eigenvalue weighted by Crippen LogP contribution is 2.15. The number of nitrogens with one attached hydrogen (secondary N) is 1. The van der Waals surface area contributed by atoms with Gasteiger partial charge in [0.1, 0.15) is 5.52 Å². The first-order valence-corrected chi connectivity index (χ1v) is 9.98.